The summed E-state index contributed by atoms with van der Waals surface area (Å²) in [5.41, 5.74) is 3.16. The molecule has 0 radical (unpaired) electrons. The van der Waals surface area contributed by atoms with Crippen LogP contribution in [0.1, 0.15) is 48.0 Å². The Balaban J connectivity index is 0.00000370. The number of aliphatic hydroxyl groups is 1. The number of hydrogen-bond acceptors (Lipinski definition) is 4. The van der Waals surface area contributed by atoms with Crippen LogP contribution in [0.15, 0.2) is 36.4 Å². The third-order valence-electron chi connectivity index (χ3n) is 8.57. The average Bonchev–Trinajstić information content (AvgIpc) is 3.31. The van der Waals surface area contributed by atoms with Gasteiger partial charge in [0.2, 0.25) is 5.91 Å². The van der Waals surface area contributed by atoms with Gasteiger partial charge in [0.1, 0.15) is 6.67 Å². The first kappa shape index (κ1) is 31.0. The lowest BCUT2D eigenvalue weighted by atomic mass is 9.92. The van der Waals surface area contributed by atoms with Crippen molar-refractivity contribution < 1.29 is 19.1 Å². The number of benzene rings is 2. The lowest BCUT2D eigenvalue weighted by molar-refractivity contribution is -0.133. The van der Waals surface area contributed by atoms with Gasteiger partial charge >= 0.3 is 0 Å². The van der Waals surface area contributed by atoms with Crippen molar-refractivity contribution in [2.45, 2.75) is 50.7 Å². The van der Waals surface area contributed by atoms with Crippen molar-refractivity contribution in [3.05, 3.63) is 57.6 Å². The minimum absolute atomic E-state index is 0. The highest BCUT2D eigenvalue weighted by atomic mass is 35.5. The summed E-state index contributed by atoms with van der Waals surface area (Å²) in [7, 11) is 0. The van der Waals surface area contributed by atoms with Crippen LogP contribution in [0.25, 0.3) is 11.1 Å². The second-order valence-corrected chi connectivity index (χ2v) is 11.8. The van der Waals surface area contributed by atoms with E-state index >= 15 is 0 Å². The largest absolute Gasteiger partial charge is 0.393 e. The van der Waals surface area contributed by atoms with Gasteiger partial charge in [-0.1, -0.05) is 35.3 Å². The molecule has 10 heteroatoms. The zero-order chi connectivity index (χ0) is 27.5. The third-order valence-corrected chi connectivity index (χ3v) is 9.25. The Morgan fingerprint density at radius 1 is 0.900 bits per heavy atom. The van der Waals surface area contributed by atoms with E-state index in [1.165, 1.54) is 0 Å². The van der Waals surface area contributed by atoms with Gasteiger partial charge < -0.3 is 14.9 Å². The molecule has 2 heterocycles. The van der Waals surface area contributed by atoms with E-state index in [1.54, 1.807) is 0 Å². The van der Waals surface area contributed by atoms with Crippen LogP contribution >= 0.6 is 35.6 Å². The maximum atomic E-state index is 13.2. The maximum absolute atomic E-state index is 13.2. The quantitative estimate of drug-likeness (QED) is 0.448. The molecule has 2 aliphatic heterocycles. The fourth-order valence-corrected chi connectivity index (χ4v) is 6.82. The summed E-state index contributed by atoms with van der Waals surface area (Å²) in [4.78, 5) is 32.0. The first-order valence-electron chi connectivity index (χ1n) is 14.0. The Morgan fingerprint density at radius 2 is 1.52 bits per heavy atom. The number of halogens is 4. The van der Waals surface area contributed by atoms with Gasteiger partial charge in [-0.25, -0.2) is 4.39 Å². The number of nitrogens with zero attached hydrogens (tertiary/aromatic N) is 3. The first-order chi connectivity index (χ1) is 18.8. The van der Waals surface area contributed by atoms with Crippen LogP contribution in [0.3, 0.4) is 0 Å². The van der Waals surface area contributed by atoms with Gasteiger partial charge in [0.15, 0.2) is 0 Å². The predicted octanol–water partition coefficient (Wildman–Crippen LogP) is 5.50. The molecule has 6 nitrogen and oxygen atoms in total. The van der Waals surface area contributed by atoms with E-state index in [2.05, 4.69) is 0 Å². The van der Waals surface area contributed by atoms with Crippen molar-refractivity contribution in [1.82, 2.24) is 14.7 Å². The van der Waals surface area contributed by atoms with Crippen molar-refractivity contribution >= 4 is 47.4 Å². The molecule has 3 aliphatic rings. The van der Waals surface area contributed by atoms with Crippen LogP contribution in [0, 0.1) is 5.92 Å². The summed E-state index contributed by atoms with van der Waals surface area (Å²) in [6.07, 6.45) is 4.28. The van der Waals surface area contributed by atoms with Crippen LogP contribution in [-0.4, -0.2) is 89.7 Å². The summed E-state index contributed by atoms with van der Waals surface area (Å²) in [5, 5.41) is 10.9. The molecule has 1 unspecified atom stereocenters. The summed E-state index contributed by atoms with van der Waals surface area (Å²) in [5.74, 6) is 0.00561. The molecule has 2 aromatic carbocycles. The molecular formula is C30H37Cl3FN3O3. The summed E-state index contributed by atoms with van der Waals surface area (Å²) in [6, 6.07) is 11.4. The fraction of sp³-hybridized carbons (Fsp3) is 0.533. The summed E-state index contributed by atoms with van der Waals surface area (Å²) < 4.78 is 12.6. The van der Waals surface area contributed by atoms with Gasteiger partial charge in [-0.05, 0) is 79.5 Å². The monoisotopic (exact) mass is 611 g/mol. The molecule has 1 atom stereocenters. The van der Waals surface area contributed by atoms with E-state index in [1.807, 2.05) is 51.1 Å². The van der Waals surface area contributed by atoms with Gasteiger partial charge in [-0.2, -0.15) is 0 Å². The van der Waals surface area contributed by atoms with Crippen LogP contribution in [0.2, 0.25) is 10.0 Å². The maximum Gasteiger partial charge on any atom is 0.253 e. The molecule has 0 spiro atoms. The van der Waals surface area contributed by atoms with E-state index in [4.69, 9.17) is 23.2 Å². The highest BCUT2D eigenvalue weighted by Gasteiger charge is 2.37. The van der Waals surface area contributed by atoms with E-state index in [0.717, 1.165) is 55.3 Å². The number of hydrogen-bond donors (Lipinski definition) is 1. The normalized spacial score (nSPS) is 23.8. The Labute approximate surface area is 251 Å². The highest BCUT2D eigenvalue weighted by Crippen LogP contribution is 2.36. The number of alkyl halides is 1. The molecule has 1 aliphatic carbocycles. The smallest absolute Gasteiger partial charge is 0.253 e. The number of amides is 2. The molecule has 5 rings (SSSR count). The fourth-order valence-electron chi connectivity index (χ4n) is 6.18. The topological polar surface area (TPSA) is 64.1 Å². The molecule has 1 saturated carbocycles. The second kappa shape index (κ2) is 13.8. The van der Waals surface area contributed by atoms with E-state index in [-0.39, 0.29) is 49.0 Å². The van der Waals surface area contributed by atoms with Gasteiger partial charge in [-0.3, -0.25) is 14.5 Å². The number of carbonyl (C=O) groups is 2. The Bertz CT molecular complexity index is 1160. The van der Waals surface area contributed by atoms with Crippen LogP contribution < -0.4 is 0 Å². The van der Waals surface area contributed by atoms with Crippen LogP contribution in [0.5, 0.6) is 0 Å². The minimum atomic E-state index is -0.366. The van der Waals surface area contributed by atoms with Crippen molar-refractivity contribution in [3.63, 3.8) is 0 Å². The predicted molar refractivity (Wildman–Crippen MR) is 159 cm³/mol. The molecule has 2 amide bonds. The van der Waals surface area contributed by atoms with Gasteiger partial charge in [-0.15, -0.1) is 12.4 Å². The number of carbonyl (C=O) groups excluding carboxylic acids is 2. The van der Waals surface area contributed by atoms with Crippen molar-refractivity contribution in [1.29, 1.82) is 0 Å². The van der Waals surface area contributed by atoms with Crippen molar-refractivity contribution in [2.24, 2.45) is 5.92 Å². The zero-order valence-corrected chi connectivity index (χ0v) is 24.9. The Morgan fingerprint density at radius 3 is 2.12 bits per heavy atom. The molecule has 218 valence electrons. The number of likely N-dealkylation sites (tertiary alicyclic amines) is 1. The van der Waals surface area contributed by atoms with E-state index in [9.17, 15) is 19.1 Å². The van der Waals surface area contributed by atoms with Gasteiger partial charge in [0.25, 0.3) is 5.91 Å². The molecule has 0 bridgehead atoms. The average molecular weight is 613 g/mol. The number of aliphatic hydroxyl groups excluding tert-OH is 1. The Hall–Kier alpha value is -1.90. The molecular weight excluding hydrogens is 576 g/mol. The standard InChI is InChI=1S/C30H36Cl2FN3O3.ClH/c31-27-18-23(20-1-3-21(4-2-20)29(38)35-15-13-34(12-10-33)14-16-35)19-28(32)26(27)17-22-9-11-36(30(22)39)24-5-7-25(37)8-6-24;/h1-4,18-19,22,24-25,37H,5-17H2;1H. The van der Waals surface area contributed by atoms with Crippen LogP contribution in [-0.2, 0) is 11.2 Å². The van der Waals surface area contributed by atoms with Gasteiger partial charge in [0.05, 0.1) is 6.10 Å². The van der Waals surface area contributed by atoms with Crippen LogP contribution in [0.4, 0.5) is 4.39 Å². The molecule has 1 N–H and O–H groups in total. The molecule has 0 aromatic heterocycles. The summed E-state index contributed by atoms with van der Waals surface area (Å²) in [6.45, 7) is 3.36. The molecule has 2 aromatic rings. The minimum Gasteiger partial charge on any atom is -0.393 e. The third kappa shape index (κ3) is 6.93. The van der Waals surface area contributed by atoms with Gasteiger partial charge in [0, 0.05) is 66.8 Å². The number of rotatable bonds is 7. The Kier molecular flexibility index (Phi) is 10.7. The second-order valence-electron chi connectivity index (χ2n) is 11.0. The van der Waals surface area contributed by atoms with E-state index in [0.29, 0.717) is 54.8 Å². The SMILES string of the molecule is Cl.O=C(c1ccc(-c2cc(Cl)c(CC3CCN(C4CCC(O)CC4)C3=O)c(Cl)c2)cc1)N1CCN(CCF)CC1. The highest BCUT2D eigenvalue weighted by molar-refractivity contribution is 6.36. The number of piperazine rings is 1. The summed E-state index contributed by atoms with van der Waals surface area (Å²) >= 11 is 13.4. The molecule has 3 fully saturated rings. The lowest BCUT2D eigenvalue weighted by Gasteiger charge is -2.34. The first-order valence-corrected chi connectivity index (χ1v) is 14.7. The van der Waals surface area contributed by atoms with E-state index < -0.39 is 0 Å². The lowest BCUT2D eigenvalue weighted by Crippen LogP contribution is -2.49. The van der Waals surface area contributed by atoms with Crippen molar-refractivity contribution in [3.8, 4) is 11.1 Å². The zero-order valence-electron chi connectivity index (χ0n) is 22.5. The molecule has 2 saturated heterocycles. The molecule has 40 heavy (non-hydrogen) atoms. The van der Waals surface area contributed by atoms with Crippen molar-refractivity contribution in [2.75, 3.05) is 45.9 Å².